The van der Waals surface area contributed by atoms with Crippen LogP contribution in [0.2, 0.25) is 0 Å². The van der Waals surface area contributed by atoms with Crippen molar-refractivity contribution in [1.82, 2.24) is 10.2 Å². The summed E-state index contributed by atoms with van der Waals surface area (Å²) in [6, 6.07) is 7.96. The standard InChI is InChI=1S/C12H14N4O2S/c1-2-9-5-6-10(13)8-11(9)19(17,18)16-12-4-3-7-14-15-12/h3-8H,2,13H2,1H3,(H,15,16). The van der Waals surface area contributed by atoms with Crippen molar-refractivity contribution in [3.63, 3.8) is 0 Å². The summed E-state index contributed by atoms with van der Waals surface area (Å²) in [5.41, 5.74) is 6.75. The molecule has 3 N–H and O–H groups in total. The van der Waals surface area contributed by atoms with Crippen LogP contribution in [0, 0.1) is 0 Å². The highest BCUT2D eigenvalue weighted by Crippen LogP contribution is 2.21. The number of nitrogen functional groups attached to an aromatic ring is 1. The fourth-order valence-electron chi connectivity index (χ4n) is 1.66. The average molecular weight is 278 g/mol. The fourth-order valence-corrected chi connectivity index (χ4v) is 3.00. The van der Waals surface area contributed by atoms with Crippen LogP contribution in [-0.2, 0) is 16.4 Å². The first-order chi connectivity index (χ1) is 9.03. The van der Waals surface area contributed by atoms with Gasteiger partial charge >= 0.3 is 0 Å². The van der Waals surface area contributed by atoms with Crippen molar-refractivity contribution in [2.24, 2.45) is 0 Å². The highest BCUT2D eigenvalue weighted by molar-refractivity contribution is 7.92. The molecule has 1 heterocycles. The van der Waals surface area contributed by atoms with E-state index >= 15 is 0 Å². The minimum atomic E-state index is -3.71. The minimum Gasteiger partial charge on any atom is -0.399 e. The maximum Gasteiger partial charge on any atom is 0.263 e. The zero-order valence-corrected chi connectivity index (χ0v) is 11.2. The van der Waals surface area contributed by atoms with Crippen molar-refractivity contribution in [3.05, 3.63) is 42.1 Å². The van der Waals surface area contributed by atoms with E-state index in [4.69, 9.17) is 5.73 Å². The van der Waals surface area contributed by atoms with Gasteiger partial charge in [0.15, 0.2) is 5.82 Å². The molecule has 0 saturated carbocycles. The van der Waals surface area contributed by atoms with Gasteiger partial charge in [0, 0.05) is 11.9 Å². The number of sulfonamides is 1. The van der Waals surface area contributed by atoms with Crippen molar-refractivity contribution in [3.8, 4) is 0 Å². The van der Waals surface area contributed by atoms with Gasteiger partial charge in [-0.25, -0.2) is 8.42 Å². The summed E-state index contributed by atoms with van der Waals surface area (Å²) in [4.78, 5) is 0.167. The molecule has 7 heteroatoms. The van der Waals surface area contributed by atoms with Gasteiger partial charge < -0.3 is 5.73 Å². The number of aryl methyl sites for hydroxylation is 1. The van der Waals surface area contributed by atoms with Crippen molar-refractivity contribution < 1.29 is 8.42 Å². The number of hydrogen-bond donors (Lipinski definition) is 2. The molecule has 0 radical (unpaired) electrons. The molecule has 6 nitrogen and oxygen atoms in total. The summed E-state index contributed by atoms with van der Waals surface area (Å²) in [5, 5.41) is 7.32. The third kappa shape index (κ3) is 3.00. The van der Waals surface area contributed by atoms with Gasteiger partial charge in [-0.05, 0) is 36.2 Å². The van der Waals surface area contributed by atoms with Crippen molar-refractivity contribution in [2.75, 3.05) is 10.5 Å². The molecule has 0 aliphatic carbocycles. The van der Waals surface area contributed by atoms with Crippen LogP contribution < -0.4 is 10.5 Å². The molecule has 19 heavy (non-hydrogen) atoms. The summed E-state index contributed by atoms with van der Waals surface area (Å²) in [7, 11) is -3.71. The molecule has 0 aliphatic heterocycles. The molecule has 1 aromatic carbocycles. The number of nitrogens with zero attached hydrogens (tertiary/aromatic N) is 2. The van der Waals surface area contributed by atoms with Crippen LogP contribution in [-0.4, -0.2) is 18.6 Å². The zero-order chi connectivity index (χ0) is 13.9. The van der Waals surface area contributed by atoms with E-state index in [0.29, 0.717) is 17.7 Å². The molecule has 100 valence electrons. The molecule has 0 amide bonds. The lowest BCUT2D eigenvalue weighted by Crippen LogP contribution is -2.16. The monoisotopic (exact) mass is 278 g/mol. The van der Waals surface area contributed by atoms with E-state index in [-0.39, 0.29) is 10.7 Å². The topological polar surface area (TPSA) is 98.0 Å². The first kappa shape index (κ1) is 13.3. The van der Waals surface area contributed by atoms with Crippen LogP contribution in [0.15, 0.2) is 41.4 Å². The summed E-state index contributed by atoms with van der Waals surface area (Å²) in [6.45, 7) is 1.88. The van der Waals surface area contributed by atoms with E-state index < -0.39 is 10.0 Å². The third-order valence-electron chi connectivity index (χ3n) is 2.57. The molecule has 2 rings (SSSR count). The predicted molar refractivity (Wildman–Crippen MR) is 73.1 cm³/mol. The Bertz CT molecular complexity index is 671. The lowest BCUT2D eigenvalue weighted by Gasteiger charge is -2.11. The molecule has 0 unspecified atom stereocenters. The Kier molecular flexibility index (Phi) is 3.66. The number of aromatic nitrogens is 2. The molecular formula is C12H14N4O2S. The van der Waals surface area contributed by atoms with Gasteiger partial charge in [-0.3, -0.25) is 4.72 Å². The summed E-state index contributed by atoms with van der Waals surface area (Å²) in [6.07, 6.45) is 2.06. The summed E-state index contributed by atoms with van der Waals surface area (Å²) >= 11 is 0. The number of nitrogens with one attached hydrogen (secondary N) is 1. The SMILES string of the molecule is CCc1ccc(N)cc1S(=O)(=O)Nc1cccnn1. The molecular weight excluding hydrogens is 264 g/mol. The van der Waals surface area contributed by atoms with E-state index in [1.807, 2.05) is 6.92 Å². The predicted octanol–water partition coefficient (Wildman–Crippen LogP) is 1.42. The minimum absolute atomic E-state index is 0.167. The molecule has 0 bridgehead atoms. The second-order valence-corrected chi connectivity index (χ2v) is 5.59. The first-order valence-corrected chi connectivity index (χ1v) is 7.20. The van der Waals surface area contributed by atoms with E-state index in [9.17, 15) is 8.42 Å². The van der Waals surface area contributed by atoms with Crippen LogP contribution in [0.4, 0.5) is 11.5 Å². The lowest BCUT2D eigenvalue weighted by atomic mass is 10.1. The van der Waals surface area contributed by atoms with Gasteiger partial charge in [0.25, 0.3) is 10.0 Å². The van der Waals surface area contributed by atoms with Gasteiger partial charge in [0.1, 0.15) is 0 Å². The van der Waals surface area contributed by atoms with Crippen LogP contribution >= 0.6 is 0 Å². The first-order valence-electron chi connectivity index (χ1n) is 5.72. The van der Waals surface area contributed by atoms with Crippen LogP contribution in [0.25, 0.3) is 0 Å². The van der Waals surface area contributed by atoms with E-state index in [0.717, 1.165) is 0 Å². The maximum atomic E-state index is 12.3. The highest BCUT2D eigenvalue weighted by atomic mass is 32.2. The lowest BCUT2D eigenvalue weighted by molar-refractivity contribution is 0.600. The second-order valence-electron chi connectivity index (χ2n) is 3.94. The van der Waals surface area contributed by atoms with Gasteiger partial charge in [-0.2, -0.15) is 5.10 Å². The average Bonchev–Trinajstić information content (AvgIpc) is 2.39. The van der Waals surface area contributed by atoms with Gasteiger partial charge in [0.05, 0.1) is 4.90 Å². The molecule has 1 aromatic heterocycles. The summed E-state index contributed by atoms with van der Waals surface area (Å²) < 4.78 is 27.0. The highest BCUT2D eigenvalue weighted by Gasteiger charge is 2.18. The molecule has 0 saturated heterocycles. The normalized spacial score (nSPS) is 11.2. The van der Waals surface area contributed by atoms with E-state index in [1.165, 1.54) is 18.3 Å². The number of benzene rings is 1. The molecule has 0 spiro atoms. The quantitative estimate of drug-likeness (QED) is 0.824. The fraction of sp³-hybridized carbons (Fsp3) is 0.167. The zero-order valence-electron chi connectivity index (χ0n) is 10.4. The number of rotatable bonds is 4. The Hall–Kier alpha value is -2.15. The Balaban J connectivity index is 2.42. The summed E-state index contributed by atoms with van der Waals surface area (Å²) in [5.74, 6) is 0.173. The van der Waals surface area contributed by atoms with Gasteiger partial charge in [-0.15, -0.1) is 5.10 Å². The van der Waals surface area contributed by atoms with Crippen LogP contribution in [0.1, 0.15) is 12.5 Å². The Morgan fingerprint density at radius 3 is 2.74 bits per heavy atom. The van der Waals surface area contributed by atoms with E-state index in [1.54, 1.807) is 18.2 Å². The molecule has 0 atom stereocenters. The van der Waals surface area contributed by atoms with Crippen molar-refractivity contribution >= 4 is 21.5 Å². The van der Waals surface area contributed by atoms with E-state index in [2.05, 4.69) is 14.9 Å². The number of anilines is 2. The number of hydrogen-bond acceptors (Lipinski definition) is 5. The maximum absolute atomic E-state index is 12.3. The second kappa shape index (κ2) is 5.23. The molecule has 0 fully saturated rings. The Morgan fingerprint density at radius 1 is 1.32 bits per heavy atom. The van der Waals surface area contributed by atoms with Crippen LogP contribution in [0.3, 0.4) is 0 Å². The third-order valence-corrected chi connectivity index (χ3v) is 4.01. The number of nitrogens with two attached hydrogens (primary N) is 1. The van der Waals surface area contributed by atoms with Crippen LogP contribution in [0.5, 0.6) is 0 Å². The Morgan fingerprint density at radius 2 is 2.11 bits per heavy atom. The molecule has 0 aliphatic rings. The molecule has 2 aromatic rings. The Labute approximate surface area is 111 Å². The largest absolute Gasteiger partial charge is 0.399 e. The van der Waals surface area contributed by atoms with Gasteiger partial charge in [-0.1, -0.05) is 13.0 Å². The van der Waals surface area contributed by atoms with Gasteiger partial charge in [0.2, 0.25) is 0 Å². The van der Waals surface area contributed by atoms with Crippen molar-refractivity contribution in [2.45, 2.75) is 18.2 Å². The van der Waals surface area contributed by atoms with Crippen molar-refractivity contribution in [1.29, 1.82) is 0 Å². The smallest absolute Gasteiger partial charge is 0.263 e.